The number of halogens is 1. The van der Waals surface area contributed by atoms with Gasteiger partial charge in [-0.05, 0) is 43.2 Å². The molecule has 0 aliphatic carbocycles. The molecule has 39 heavy (non-hydrogen) atoms. The summed E-state index contributed by atoms with van der Waals surface area (Å²) in [6, 6.07) is 16.5. The van der Waals surface area contributed by atoms with Gasteiger partial charge in [-0.15, -0.1) is 0 Å². The van der Waals surface area contributed by atoms with Crippen LogP contribution in [-0.2, 0) is 22.6 Å². The summed E-state index contributed by atoms with van der Waals surface area (Å²) >= 11 is 0. The number of benzene rings is 2. The largest absolute Gasteiger partial charge is 0.508 e. The Morgan fingerprint density at radius 1 is 1.08 bits per heavy atom. The van der Waals surface area contributed by atoms with Crippen molar-refractivity contribution >= 4 is 17.7 Å². The van der Waals surface area contributed by atoms with Crippen molar-refractivity contribution in [2.75, 3.05) is 6.54 Å². The maximum absolute atomic E-state index is 14.5. The van der Waals surface area contributed by atoms with Gasteiger partial charge in [-0.3, -0.25) is 19.4 Å². The molecule has 204 valence electrons. The highest BCUT2D eigenvalue weighted by Crippen LogP contribution is 2.24. The molecule has 2 aromatic carbocycles. The van der Waals surface area contributed by atoms with E-state index in [0.29, 0.717) is 11.3 Å². The molecule has 4 N–H and O–H groups in total. The van der Waals surface area contributed by atoms with Crippen molar-refractivity contribution in [1.29, 1.82) is 0 Å². The number of carbonyl (C=O) groups excluding carboxylic acids is 3. The molecule has 9 nitrogen and oxygen atoms in total. The summed E-state index contributed by atoms with van der Waals surface area (Å²) in [6.07, 6.45) is -1.72. The Kier molecular flexibility index (Phi) is 8.88. The van der Waals surface area contributed by atoms with E-state index in [1.54, 1.807) is 55.6 Å². The number of hydrogen-bond donors (Lipinski definition) is 4. The highest BCUT2D eigenvalue weighted by molar-refractivity contribution is 5.97. The highest BCUT2D eigenvalue weighted by atomic mass is 19.1. The van der Waals surface area contributed by atoms with Crippen molar-refractivity contribution in [1.82, 2.24) is 20.5 Å². The predicted molar refractivity (Wildman–Crippen MR) is 141 cm³/mol. The standard InChI is InChI=1S/C29H31FN4O5/c1-18-22(11-7-12-25(18)35)27(37)33-23(14-19-8-3-2-4-9-19)26(36)29(39)34-17-20(30)15-24(34)28(38)32-16-21-10-5-6-13-31-21/h2-13,20,23-24,26,35-36H,14-17H2,1H3,(H,32,38)(H,33,37)/t20-,23-,24-,26-/m0/s1. The molecule has 0 unspecified atom stereocenters. The second-order valence-corrected chi connectivity index (χ2v) is 9.54. The summed E-state index contributed by atoms with van der Waals surface area (Å²) in [5.41, 5.74) is 1.88. The van der Waals surface area contributed by atoms with E-state index in [1.807, 2.05) is 6.07 Å². The van der Waals surface area contributed by atoms with Gasteiger partial charge in [0.15, 0.2) is 6.10 Å². The first kappa shape index (κ1) is 27.7. The Hall–Kier alpha value is -4.31. The third-order valence-corrected chi connectivity index (χ3v) is 6.80. The van der Waals surface area contributed by atoms with Gasteiger partial charge in [-0.2, -0.15) is 0 Å². The van der Waals surface area contributed by atoms with Gasteiger partial charge < -0.3 is 25.7 Å². The van der Waals surface area contributed by atoms with Crippen molar-refractivity contribution in [3.05, 3.63) is 95.3 Å². The van der Waals surface area contributed by atoms with E-state index in [4.69, 9.17) is 0 Å². The summed E-state index contributed by atoms with van der Waals surface area (Å²) in [5.74, 6) is -2.07. The second-order valence-electron chi connectivity index (χ2n) is 9.54. The molecule has 1 aromatic heterocycles. The maximum atomic E-state index is 14.5. The van der Waals surface area contributed by atoms with Crippen LogP contribution >= 0.6 is 0 Å². The minimum Gasteiger partial charge on any atom is -0.508 e. The molecular weight excluding hydrogens is 503 g/mol. The lowest BCUT2D eigenvalue weighted by Crippen LogP contribution is -2.55. The number of likely N-dealkylation sites (tertiary alicyclic amines) is 1. The maximum Gasteiger partial charge on any atom is 0.254 e. The summed E-state index contributed by atoms with van der Waals surface area (Å²) < 4.78 is 14.5. The highest BCUT2D eigenvalue weighted by Gasteiger charge is 2.43. The number of aromatic nitrogens is 1. The van der Waals surface area contributed by atoms with Gasteiger partial charge in [0, 0.05) is 23.7 Å². The lowest BCUT2D eigenvalue weighted by Gasteiger charge is -2.30. The fourth-order valence-electron chi connectivity index (χ4n) is 4.64. The third-order valence-electron chi connectivity index (χ3n) is 6.80. The zero-order valence-corrected chi connectivity index (χ0v) is 21.5. The van der Waals surface area contributed by atoms with Crippen LogP contribution in [0.4, 0.5) is 4.39 Å². The minimum absolute atomic E-state index is 0.0653. The van der Waals surface area contributed by atoms with E-state index in [2.05, 4.69) is 15.6 Å². The third kappa shape index (κ3) is 6.77. The fraction of sp³-hybridized carbons (Fsp3) is 0.310. The first-order valence-electron chi connectivity index (χ1n) is 12.7. The molecule has 3 amide bonds. The first-order chi connectivity index (χ1) is 18.7. The zero-order chi connectivity index (χ0) is 27.9. The molecule has 4 rings (SSSR count). The Labute approximate surface area is 225 Å². The van der Waals surface area contributed by atoms with Crippen LogP contribution in [0, 0.1) is 6.92 Å². The molecule has 0 saturated carbocycles. The molecule has 1 fully saturated rings. The Morgan fingerprint density at radius 3 is 2.54 bits per heavy atom. The van der Waals surface area contributed by atoms with Crippen LogP contribution in [0.3, 0.4) is 0 Å². The number of amides is 3. The summed E-state index contributed by atoms with van der Waals surface area (Å²) in [4.78, 5) is 44.7. The molecule has 0 bridgehead atoms. The summed E-state index contributed by atoms with van der Waals surface area (Å²) in [6.45, 7) is 1.33. The summed E-state index contributed by atoms with van der Waals surface area (Å²) in [5, 5.41) is 26.6. The molecule has 1 saturated heterocycles. The van der Waals surface area contributed by atoms with E-state index in [1.165, 1.54) is 18.2 Å². The fourth-order valence-corrected chi connectivity index (χ4v) is 4.64. The van der Waals surface area contributed by atoms with Crippen LogP contribution < -0.4 is 10.6 Å². The van der Waals surface area contributed by atoms with Gasteiger partial charge in [0.2, 0.25) is 5.91 Å². The van der Waals surface area contributed by atoms with Crippen molar-refractivity contribution in [3.63, 3.8) is 0 Å². The number of alkyl halides is 1. The van der Waals surface area contributed by atoms with E-state index < -0.39 is 42.1 Å². The number of nitrogens with one attached hydrogen (secondary N) is 2. The van der Waals surface area contributed by atoms with E-state index >= 15 is 0 Å². The SMILES string of the molecule is Cc1c(O)cccc1C(=O)N[C@@H](Cc1ccccc1)[C@H](O)C(=O)N1C[C@@H](F)C[C@H]1C(=O)NCc1ccccn1. The number of nitrogens with zero attached hydrogens (tertiary/aromatic N) is 2. The van der Waals surface area contributed by atoms with Crippen molar-refractivity contribution in [2.45, 2.75) is 50.7 Å². The number of rotatable bonds is 9. The minimum atomic E-state index is -1.76. The van der Waals surface area contributed by atoms with Crippen molar-refractivity contribution in [3.8, 4) is 5.75 Å². The molecule has 3 aromatic rings. The first-order valence-corrected chi connectivity index (χ1v) is 12.7. The monoisotopic (exact) mass is 534 g/mol. The Balaban J connectivity index is 1.52. The topological polar surface area (TPSA) is 132 Å². The van der Waals surface area contributed by atoms with Gasteiger partial charge in [0.25, 0.3) is 11.8 Å². The second kappa shape index (κ2) is 12.5. The van der Waals surface area contributed by atoms with E-state index in [0.717, 1.165) is 10.5 Å². The lowest BCUT2D eigenvalue weighted by atomic mass is 9.98. The Bertz CT molecular complexity index is 1310. The molecule has 2 heterocycles. The van der Waals surface area contributed by atoms with Crippen molar-refractivity contribution < 1.29 is 29.0 Å². The van der Waals surface area contributed by atoms with Crippen LogP contribution in [0.5, 0.6) is 5.75 Å². The Morgan fingerprint density at radius 2 is 1.82 bits per heavy atom. The molecule has 4 atom stereocenters. The van der Waals surface area contributed by atoms with E-state index in [9.17, 15) is 29.0 Å². The lowest BCUT2D eigenvalue weighted by molar-refractivity contribution is -0.146. The number of aromatic hydroxyl groups is 1. The average molecular weight is 535 g/mol. The van der Waals surface area contributed by atoms with E-state index in [-0.39, 0.29) is 37.2 Å². The predicted octanol–water partition coefficient (Wildman–Crippen LogP) is 2.05. The van der Waals surface area contributed by atoms with Gasteiger partial charge in [-0.25, -0.2) is 4.39 Å². The number of pyridine rings is 1. The molecule has 1 aliphatic rings. The molecular formula is C29H31FN4O5. The number of aliphatic hydroxyl groups is 1. The van der Waals surface area contributed by atoms with Crippen LogP contribution in [0.2, 0.25) is 0 Å². The number of phenolic OH excluding ortho intramolecular Hbond substituents is 1. The van der Waals surface area contributed by atoms with Gasteiger partial charge in [0.05, 0.1) is 24.8 Å². The molecule has 0 spiro atoms. The van der Waals surface area contributed by atoms with Gasteiger partial charge in [0.1, 0.15) is 18.0 Å². The van der Waals surface area contributed by atoms with Gasteiger partial charge >= 0.3 is 0 Å². The van der Waals surface area contributed by atoms with Crippen LogP contribution in [0.25, 0.3) is 0 Å². The zero-order valence-electron chi connectivity index (χ0n) is 21.5. The van der Waals surface area contributed by atoms with Crippen molar-refractivity contribution in [2.24, 2.45) is 0 Å². The number of carbonyl (C=O) groups is 3. The number of aliphatic hydroxyl groups excluding tert-OH is 1. The quantitative estimate of drug-likeness (QED) is 0.332. The van der Waals surface area contributed by atoms with Crippen LogP contribution in [0.15, 0.2) is 72.9 Å². The number of hydrogen-bond acceptors (Lipinski definition) is 6. The molecule has 0 radical (unpaired) electrons. The average Bonchev–Trinajstić information content (AvgIpc) is 3.34. The van der Waals surface area contributed by atoms with Gasteiger partial charge in [-0.1, -0.05) is 42.5 Å². The number of phenols is 1. The smallest absolute Gasteiger partial charge is 0.254 e. The summed E-state index contributed by atoms with van der Waals surface area (Å²) in [7, 11) is 0. The van der Waals surface area contributed by atoms with Crippen LogP contribution in [0.1, 0.15) is 33.6 Å². The normalized spacial score (nSPS) is 18.3. The molecule has 1 aliphatic heterocycles. The van der Waals surface area contributed by atoms with Crippen LogP contribution in [-0.4, -0.2) is 68.7 Å². The molecule has 10 heteroatoms.